The van der Waals surface area contributed by atoms with Crippen LogP contribution in [-0.4, -0.2) is 31.6 Å². The molecule has 16 heavy (non-hydrogen) atoms. The predicted octanol–water partition coefficient (Wildman–Crippen LogP) is 1.29. The van der Waals surface area contributed by atoms with Gasteiger partial charge < -0.3 is 16.0 Å². The van der Waals surface area contributed by atoms with Gasteiger partial charge in [0.15, 0.2) is 0 Å². The number of fused-ring (bicyclic) bond motifs is 1. The van der Waals surface area contributed by atoms with Crippen molar-refractivity contribution >= 4 is 0 Å². The fourth-order valence-electron chi connectivity index (χ4n) is 2.85. The number of likely N-dealkylation sites (tertiary alicyclic amines) is 1. The highest BCUT2D eigenvalue weighted by Gasteiger charge is 2.29. The van der Waals surface area contributed by atoms with Crippen LogP contribution >= 0.6 is 0 Å². The van der Waals surface area contributed by atoms with Crippen LogP contribution in [0.2, 0.25) is 0 Å². The first-order chi connectivity index (χ1) is 7.70. The van der Waals surface area contributed by atoms with Crippen molar-refractivity contribution in [3.8, 4) is 0 Å². The maximum Gasteiger partial charge on any atom is 0.0291 e. The molecule has 2 rings (SSSR count). The molecule has 3 heteroatoms. The largest absolute Gasteiger partial charge is 0.399 e. The zero-order valence-corrected chi connectivity index (χ0v) is 10.4. The fraction of sp³-hybridized carbons (Fsp3) is 0.692. The Kier molecular flexibility index (Phi) is 3.54. The third-order valence-corrected chi connectivity index (χ3v) is 3.64. The van der Waals surface area contributed by atoms with Crippen molar-refractivity contribution in [2.75, 3.05) is 26.7 Å². The van der Waals surface area contributed by atoms with Gasteiger partial charge in [0.05, 0.1) is 0 Å². The minimum absolute atomic E-state index is 0.690. The molecule has 0 spiro atoms. The number of nitrogens with zero attached hydrogens (tertiary/aromatic N) is 1. The van der Waals surface area contributed by atoms with Gasteiger partial charge in [-0.3, -0.25) is 0 Å². The van der Waals surface area contributed by atoms with Gasteiger partial charge in [-0.05, 0) is 37.9 Å². The van der Waals surface area contributed by atoms with Crippen molar-refractivity contribution in [3.05, 3.63) is 23.5 Å². The van der Waals surface area contributed by atoms with E-state index in [1.54, 1.807) is 0 Å². The highest BCUT2D eigenvalue weighted by molar-refractivity contribution is 5.28. The normalized spacial score (nSPS) is 29.5. The summed E-state index contributed by atoms with van der Waals surface area (Å²) in [6, 6.07) is 0. The van der Waals surface area contributed by atoms with Crippen LogP contribution in [0.15, 0.2) is 23.5 Å². The first-order valence-electron chi connectivity index (χ1n) is 6.29. The van der Waals surface area contributed by atoms with E-state index in [-0.39, 0.29) is 0 Å². The number of rotatable bonds is 3. The summed E-state index contributed by atoms with van der Waals surface area (Å²) in [7, 11) is 2.19. The fourth-order valence-corrected chi connectivity index (χ4v) is 2.85. The van der Waals surface area contributed by atoms with Crippen molar-refractivity contribution in [2.24, 2.45) is 17.6 Å². The number of nitrogens with two attached hydrogens (primary N) is 1. The van der Waals surface area contributed by atoms with E-state index in [9.17, 15) is 0 Å². The molecule has 2 unspecified atom stereocenters. The molecule has 0 aromatic heterocycles. The van der Waals surface area contributed by atoms with Gasteiger partial charge in [-0.15, -0.1) is 0 Å². The summed E-state index contributed by atoms with van der Waals surface area (Å²) >= 11 is 0. The van der Waals surface area contributed by atoms with Gasteiger partial charge in [0.25, 0.3) is 0 Å². The third-order valence-electron chi connectivity index (χ3n) is 3.64. The molecule has 1 fully saturated rings. The van der Waals surface area contributed by atoms with E-state index in [0.29, 0.717) is 5.92 Å². The third kappa shape index (κ3) is 2.40. The predicted molar refractivity (Wildman–Crippen MR) is 67.7 cm³/mol. The Morgan fingerprint density at radius 1 is 1.56 bits per heavy atom. The maximum absolute atomic E-state index is 5.86. The summed E-state index contributed by atoms with van der Waals surface area (Å²) < 4.78 is 0. The minimum Gasteiger partial charge on any atom is -0.399 e. The second-order valence-electron chi connectivity index (χ2n) is 5.00. The Morgan fingerprint density at radius 2 is 2.38 bits per heavy atom. The van der Waals surface area contributed by atoms with Gasteiger partial charge in [0.1, 0.15) is 0 Å². The molecule has 3 N–H and O–H groups in total. The lowest BCUT2D eigenvalue weighted by molar-refractivity contribution is 0.204. The molecule has 3 nitrogen and oxygen atoms in total. The zero-order valence-electron chi connectivity index (χ0n) is 10.4. The Bertz CT molecular complexity index is 306. The van der Waals surface area contributed by atoms with Gasteiger partial charge in [-0.25, -0.2) is 0 Å². The molecule has 1 heterocycles. The number of hydrogen-bond donors (Lipinski definition) is 2. The average molecular weight is 221 g/mol. The van der Waals surface area contributed by atoms with Crippen molar-refractivity contribution in [3.63, 3.8) is 0 Å². The molecule has 1 saturated heterocycles. The lowest BCUT2D eigenvalue weighted by Gasteiger charge is -2.40. The molecular formula is C13H23N3. The van der Waals surface area contributed by atoms with Crippen LogP contribution in [0.1, 0.15) is 19.8 Å². The topological polar surface area (TPSA) is 41.3 Å². The quantitative estimate of drug-likeness (QED) is 0.754. The van der Waals surface area contributed by atoms with E-state index in [1.807, 2.05) is 0 Å². The maximum atomic E-state index is 5.86. The molecule has 1 aliphatic carbocycles. The van der Waals surface area contributed by atoms with E-state index >= 15 is 0 Å². The summed E-state index contributed by atoms with van der Waals surface area (Å²) in [5.74, 6) is 1.47. The van der Waals surface area contributed by atoms with Gasteiger partial charge >= 0.3 is 0 Å². The molecule has 0 amide bonds. The van der Waals surface area contributed by atoms with Crippen LogP contribution in [0.5, 0.6) is 0 Å². The molecule has 90 valence electrons. The van der Waals surface area contributed by atoms with E-state index in [1.165, 1.54) is 12.1 Å². The van der Waals surface area contributed by atoms with Crippen LogP contribution < -0.4 is 11.1 Å². The number of hydrogen-bond acceptors (Lipinski definition) is 3. The lowest BCUT2D eigenvalue weighted by Crippen LogP contribution is -2.41. The van der Waals surface area contributed by atoms with Gasteiger partial charge in [0.2, 0.25) is 0 Å². The summed E-state index contributed by atoms with van der Waals surface area (Å²) in [5, 5.41) is 3.46. The Morgan fingerprint density at radius 3 is 3.12 bits per heavy atom. The summed E-state index contributed by atoms with van der Waals surface area (Å²) in [4.78, 5) is 2.38. The molecule has 0 radical (unpaired) electrons. The zero-order chi connectivity index (χ0) is 11.5. The van der Waals surface area contributed by atoms with E-state index in [4.69, 9.17) is 5.73 Å². The molecule has 0 aromatic rings. The second kappa shape index (κ2) is 4.91. The minimum atomic E-state index is 0.690. The van der Waals surface area contributed by atoms with E-state index in [2.05, 4.69) is 36.3 Å². The van der Waals surface area contributed by atoms with Crippen LogP contribution in [0.4, 0.5) is 0 Å². The first-order valence-corrected chi connectivity index (χ1v) is 6.29. The monoisotopic (exact) mass is 221 g/mol. The Labute approximate surface area is 98.4 Å². The SMILES string of the molecule is CCNCC1CC2CC=C(N)C=C2N(C)C1. The summed E-state index contributed by atoms with van der Waals surface area (Å²) in [6.45, 7) is 5.54. The van der Waals surface area contributed by atoms with Gasteiger partial charge in [0, 0.05) is 30.9 Å². The van der Waals surface area contributed by atoms with Crippen molar-refractivity contribution in [1.82, 2.24) is 10.2 Å². The molecular weight excluding hydrogens is 198 g/mol. The molecule has 2 aliphatic rings. The number of nitrogens with one attached hydrogen (secondary N) is 1. The highest BCUT2D eigenvalue weighted by atomic mass is 15.1. The highest BCUT2D eigenvalue weighted by Crippen LogP contribution is 2.34. The average Bonchev–Trinajstić information content (AvgIpc) is 2.27. The van der Waals surface area contributed by atoms with Gasteiger partial charge in [-0.2, -0.15) is 0 Å². The summed E-state index contributed by atoms with van der Waals surface area (Å²) in [5.41, 5.74) is 8.24. The van der Waals surface area contributed by atoms with E-state index in [0.717, 1.165) is 37.7 Å². The van der Waals surface area contributed by atoms with Crippen LogP contribution in [0.3, 0.4) is 0 Å². The second-order valence-corrected chi connectivity index (χ2v) is 5.00. The van der Waals surface area contributed by atoms with Crippen LogP contribution in [0.25, 0.3) is 0 Å². The molecule has 0 saturated carbocycles. The van der Waals surface area contributed by atoms with Crippen molar-refractivity contribution in [1.29, 1.82) is 0 Å². The standard InChI is InChI=1S/C13H23N3/c1-3-15-8-10-6-11-4-5-12(14)7-13(11)16(2)9-10/h5,7,10-11,15H,3-4,6,8-9,14H2,1-2H3. The lowest BCUT2D eigenvalue weighted by atomic mass is 9.82. The molecule has 0 bridgehead atoms. The number of piperidine rings is 1. The number of allylic oxidation sites excluding steroid dienone is 3. The smallest absolute Gasteiger partial charge is 0.0291 e. The van der Waals surface area contributed by atoms with Crippen LogP contribution in [0, 0.1) is 11.8 Å². The van der Waals surface area contributed by atoms with E-state index < -0.39 is 0 Å². The van der Waals surface area contributed by atoms with Crippen LogP contribution in [-0.2, 0) is 0 Å². The Hall–Kier alpha value is -0.960. The van der Waals surface area contributed by atoms with Crippen molar-refractivity contribution in [2.45, 2.75) is 19.8 Å². The van der Waals surface area contributed by atoms with Crippen molar-refractivity contribution < 1.29 is 0 Å². The van der Waals surface area contributed by atoms with Gasteiger partial charge in [-0.1, -0.05) is 13.0 Å². The molecule has 0 aromatic carbocycles. The molecule has 2 atom stereocenters. The Balaban J connectivity index is 2.00. The summed E-state index contributed by atoms with van der Waals surface area (Å²) in [6.07, 6.45) is 6.73. The first kappa shape index (κ1) is 11.5. The molecule has 1 aliphatic heterocycles.